The van der Waals surface area contributed by atoms with Crippen molar-refractivity contribution in [3.63, 3.8) is 0 Å². The van der Waals surface area contributed by atoms with E-state index in [2.05, 4.69) is 10.2 Å². The first-order chi connectivity index (χ1) is 7.74. The largest absolute Gasteiger partial charge is 0.508 e. The number of rotatable bonds is 1. The first kappa shape index (κ1) is 9.51. The quantitative estimate of drug-likeness (QED) is 0.705. The van der Waals surface area contributed by atoms with Crippen molar-refractivity contribution >= 4 is 17.3 Å². The van der Waals surface area contributed by atoms with Gasteiger partial charge in [0, 0.05) is 12.1 Å². The number of anilines is 2. The van der Waals surface area contributed by atoms with Gasteiger partial charge in [-0.05, 0) is 31.4 Å². The molecule has 1 heterocycles. The molecule has 1 aromatic carbocycles. The maximum atomic E-state index is 11.6. The molecule has 16 heavy (non-hydrogen) atoms. The molecule has 1 aromatic rings. The van der Waals surface area contributed by atoms with Crippen LogP contribution in [-0.4, -0.2) is 23.6 Å². The lowest BCUT2D eigenvalue weighted by atomic mass is 9.90. The van der Waals surface area contributed by atoms with Crippen LogP contribution in [0.1, 0.15) is 19.3 Å². The van der Waals surface area contributed by atoms with Gasteiger partial charge in [0.25, 0.3) is 0 Å². The molecule has 0 spiro atoms. The van der Waals surface area contributed by atoms with Crippen molar-refractivity contribution in [1.29, 1.82) is 0 Å². The van der Waals surface area contributed by atoms with E-state index >= 15 is 0 Å². The summed E-state index contributed by atoms with van der Waals surface area (Å²) in [5.74, 6) is 0.282. The molecule has 1 aliphatic heterocycles. The molecule has 84 valence electrons. The second-order valence-electron chi connectivity index (χ2n) is 4.46. The Morgan fingerprint density at radius 1 is 1.38 bits per heavy atom. The van der Waals surface area contributed by atoms with Crippen LogP contribution in [-0.2, 0) is 4.79 Å². The predicted molar refractivity (Wildman–Crippen MR) is 61.7 cm³/mol. The van der Waals surface area contributed by atoms with Gasteiger partial charge in [-0.2, -0.15) is 0 Å². The van der Waals surface area contributed by atoms with E-state index in [4.69, 9.17) is 0 Å². The van der Waals surface area contributed by atoms with Crippen molar-refractivity contribution < 1.29 is 9.90 Å². The van der Waals surface area contributed by atoms with E-state index in [0.717, 1.165) is 24.2 Å². The summed E-state index contributed by atoms with van der Waals surface area (Å²) in [4.78, 5) is 13.7. The fourth-order valence-corrected chi connectivity index (χ4v) is 2.32. The Labute approximate surface area is 93.9 Å². The molecule has 1 fully saturated rings. The first-order valence-electron chi connectivity index (χ1n) is 5.63. The van der Waals surface area contributed by atoms with Crippen LogP contribution < -0.4 is 10.2 Å². The highest BCUT2D eigenvalue weighted by atomic mass is 16.3. The first-order valence-corrected chi connectivity index (χ1v) is 5.63. The normalized spacial score (nSPS) is 20.0. The second kappa shape index (κ2) is 3.40. The summed E-state index contributed by atoms with van der Waals surface area (Å²) in [5, 5.41) is 12.3. The van der Waals surface area contributed by atoms with Crippen molar-refractivity contribution in [2.75, 3.05) is 16.8 Å². The van der Waals surface area contributed by atoms with Gasteiger partial charge < -0.3 is 15.3 Å². The zero-order chi connectivity index (χ0) is 11.1. The van der Waals surface area contributed by atoms with Crippen LogP contribution in [0.3, 0.4) is 0 Å². The topological polar surface area (TPSA) is 52.6 Å². The van der Waals surface area contributed by atoms with Crippen molar-refractivity contribution in [1.82, 2.24) is 0 Å². The number of carbonyl (C=O) groups excluding carboxylic acids is 1. The maximum absolute atomic E-state index is 11.6. The average molecular weight is 218 g/mol. The number of carbonyl (C=O) groups is 1. The molecule has 2 N–H and O–H groups in total. The van der Waals surface area contributed by atoms with Crippen LogP contribution in [0.15, 0.2) is 18.2 Å². The zero-order valence-electron chi connectivity index (χ0n) is 8.94. The summed E-state index contributed by atoms with van der Waals surface area (Å²) in [6, 6.07) is 5.55. The minimum atomic E-state index is 0.0325. The Hall–Kier alpha value is -1.71. The molecule has 2 aliphatic rings. The SMILES string of the molecule is O=C1CN(C2CCC2)c2cc(O)ccc2N1. The number of hydrogen-bond acceptors (Lipinski definition) is 3. The molecule has 0 unspecified atom stereocenters. The molecule has 0 bridgehead atoms. The van der Waals surface area contributed by atoms with Crippen LogP contribution in [0.5, 0.6) is 5.75 Å². The lowest BCUT2D eigenvalue weighted by Gasteiger charge is -2.41. The highest BCUT2D eigenvalue weighted by Gasteiger charge is 2.31. The molecule has 4 heteroatoms. The fraction of sp³-hybridized carbons (Fsp3) is 0.417. The van der Waals surface area contributed by atoms with Crippen LogP contribution in [0, 0.1) is 0 Å². The third-order valence-corrected chi connectivity index (χ3v) is 3.39. The van der Waals surface area contributed by atoms with Gasteiger partial charge in [-0.1, -0.05) is 0 Å². The Morgan fingerprint density at radius 2 is 2.19 bits per heavy atom. The molecule has 0 saturated heterocycles. The lowest BCUT2D eigenvalue weighted by Crippen LogP contribution is -2.47. The molecule has 1 amide bonds. The predicted octanol–water partition coefficient (Wildman–Crippen LogP) is 1.70. The highest BCUT2D eigenvalue weighted by Crippen LogP contribution is 2.38. The molecular weight excluding hydrogens is 204 g/mol. The highest BCUT2D eigenvalue weighted by molar-refractivity contribution is 6.01. The van der Waals surface area contributed by atoms with Gasteiger partial charge in [-0.25, -0.2) is 0 Å². The molecule has 1 saturated carbocycles. The van der Waals surface area contributed by atoms with E-state index in [1.165, 1.54) is 6.42 Å². The van der Waals surface area contributed by atoms with Gasteiger partial charge in [0.05, 0.1) is 17.9 Å². The fourth-order valence-electron chi connectivity index (χ4n) is 2.32. The minimum absolute atomic E-state index is 0.0325. The number of nitrogens with zero attached hydrogens (tertiary/aromatic N) is 1. The van der Waals surface area contributed by atoms with Gasteiger partial charge in [0.2, 0.25) is 5.91 Å². The summed E-state index contributed by atoms with van der Waals surface area (Å²) in [6.07, 6.45) is 3.52. The number of fused-ring (bicyclic) bond motifs is 1. The van der Waals surface area contributed by atoms with E-state index in [0.29, 0.717) is 12.6 Å². The van der Waals surface area contributed by atoms with Crippen LogP contribution >= 0.6 is 0 Å². The Bertz CT molecular complexity index is 441. The number of benzene rings is 1. The summed E-state index contributed by atoms with van der Waals surface area (Å²) in [6.45, 7) is 0.404. The molecule has 0 aromatic heterocycles. The number of phenolic OH excluding ortho intramolecular Hbond substituents is 1. The summed E-state index contributed by atoms with van der Waals surface area (Å²) < 4.78 is 0. The van der Waals surface area contributed by atoms with E-state index in [1.807, 2.05) is 0 Å². The molecule has 0 atom stereocenters. The van der Waals surface area contributed by atoms with Gasteiger partial charge in [-0.3, -0.25) is 4.79 Å². The maximum Gasteiger partial charge on any atom is 0.243 e. The summed E-state index contributed by atoms with van der Waals surface area (Å²) in [5.41, 5.74) is 1.75. The van der Waals surface area contributed by atoms with E-state index in [1.54, 1.807) is 18.2 Å². The number of phenols is 1. The van der Waals surface area contributed by atoms with Crippen molar-refractivity contribution in [3.8, 4) is 5.75 Å². The minimum Gasteiger partial charge on any atom is -0.508 e. The van der Waals surface area contributed by atoms with Gasteiger partial charge >= 0.3 is 0 Å². The van der Waals surface area contributed by atoms with E-state index in [9.17, 15) is 9.90 Å². The zero-order valence-corrected chi connectivity index (χ0v) is 8.94. The van der Waals surface area contributed by atoms with Gasteiger partial charge in [-0.15, -0.1) is 0 Å². The standard InChI is InChI=1S/C12H14N2O2/c15-9-4-5-10-11(6-9)14(7-12(16)13-10)8-2-1-3-8/h4-6,8,15H,1-3,7H2,(H,13,16). The smallest absolute Gasteiger partial charge is 0.243 e. The van der Waals surface area contributed by atoms with Gasteiger partial charge in [0.1, 0.15) is 5.75 Å². The summed E-state index contributed by atoms with van der Waals surface area (Å²) in [7, 11) is 0. The Morgan fingerprint density at radius 3 is 2.88 bits per heavy atom. The number of amides is 1. The Kier molecular flexibility index (Phi) is 2.02. The second-order valence-corrected chi connectivity index (χ2v) is 4.46. The van der Waals surface area contributed by atoms with E-state index in [-0.39, 0.29) is 11.7 Å². The van der Waals surface area contributed by atoms with Crippen LogP contribution in [0.25, 0.3) is 0 Å². The molecule has 1 aliphatic carbocycles. The third-order valence-electron chi connectivity index (χ3n) is 3.39. The number of nitrogens with one attached hydrogen (secondary N) is 1. The lowest BCUT2D eigenvalue weighted by molar-refractivity contribution is -0.115. The average Bonchev–Trinajstić information content (AvgIpc) is 2.16. The third kappa shape index (κ3) is 1.41. The van der Waals surface area contributed by atoms with Crippen molar-refractivity contribution in [3.05, 3.63) is 18.2 Å². The molecular formula is C12H14N2O2. The monoisotopic (exact) mass is 218 g/mol. The van der Waals surface area contributed by atoms with Crippen LogP contribution in [0.2, 0.25) is 0 Å². The number of aromatic hydroxyl groups is 1. The van der Waals surface area contributed by atoms with Gasteiger partial charge in [0.15, 0.2) is 0 Å². The van der Waals surface area contributed by atoms with E-state index < -0.39 is 0 Å². The molecule has 3 rings (SSSR count). The summed E-state index contributed by atoms with van der Waals surface area (Å²) >= 11 is 0. The molecule has 4 nitrogen and oxygen atoms in total. The molecule has 0 radical (unpaired) electrons. The van der Waals surface area contributed by atoms with Crippen LogP contribution in [0.4, 0.5) is 11.4 Å². The Balaban J connectivity index is 2.01. The van der Waals surface area contributed by atoms with Crippen molar-refractivity contribution in [2.24, 2.45) is 0 Å². The number of hydrogen-bond donors (Lipinski definition) is 2. The van der Waals surface area contributed by atoms with Crippen molar-refractivity contribution in [2.45, 2.75) is 25.3 Å².